The molecule has 0 saturated carbocycles. The average Bonchev–Trinajstić information content (AvgIpc) is 2.19. The van der Waals surface area contributed by atoms with Crippen molar-refractivity contribution in [2.45, 2.75) is 33.4 Å². The molecule has 0 atom stereocenters. The van der Waals surface area contributed by atoms with Crippen LogP contribution in [0.2, 0.25) is 0 Å². The van der Waals surface area contributed by atoms with E-state index in [9.17, 15) is 13.2 Å². The molecule has 92 valence electrons. The number of alkyl halides is 3. The number of hydrogen-bond donors (Lipinski definition) is 1. The molecule has 0 aliphatic carbocycles. The van der Waals surface area contributed by atoms with Crippen LogP contribution in [-0.4, -0.2) is 17.7 Å². The molecule has 0 saturated heterocycles. The number of aryl methyl sites for hydroxylation is 1. The smallest absolute Gasteiger partial charge is 0.370 e. The SMILES string of the molecule is CC.Cc1ccnc(NCCC(F)(F)F)c1. The van der Waals surface area contributed by atoms with Crippen molar-refractivity contribution < 1.29 is 13.2 Å². The first-order valence-corrected chi connectivity index (χ1v) is 5.21. The summed E-state index contributed by atoms with van der Waals surface area (Å²) in [6.07, 6.45) is -3.40. The summed E-state index contributed by atoms with van der Waals surface area (Å²) in [6, 6.07) is 3.49. The van der Waals surface area contributed by atoms with Gasteiger partial charge in [0.2, 0.25) is 0 Å². The van der Waals surface area contributed by atoms with Crippen molar-refractivity contribution in [3.63, 3.8) is 0 Å². The van der Waals surface area contributed by atoms with Crippen LogP contribution < -0.4 is 5.32 Å². The van der Waals surface area contributed by atoms with Gasteiger partial charge in [-0.3, -0.25) is 0 Å². The van der Waals surface area contributed by atoms with Gasteiger partial charge in [0.25, 0.3) is 0 Å². The normalized spacial score (nSPS) is 10.4. The van der Waals surface area contributed by atoms with Gasteiger partial charge in [-0.25, -0.2) is 4.98 Å². The van der Waals surface area contributed by atoms with Gasteiger partial charge in [-0.05, 0) is 24.6 Å². The molecule has 1 aromatic rings. The predicted molar refractivity (Wildman–Crippen MR) is 59.5 cm³/mol. The number of hydrogen-bond acceptors (Lipinski definition) is 2. The molecule has 1 aromatic heterocycles. The van der Waals surface area contributed by atoms with Gasteiger partial charge in [-0.15, -0.1) is 0 Å². The first-order valence-electron chi connectivity index (χ1n) is 5.21. The number of rotatable bonds is 3. The molecule has 0 bridgehead atoms. The Balaban J connectivity index is 0.00000106. The zero-order valence-electron chi connectivity index (χ0n) is 9.73. The molecule has 0 aliphatic rings. The van der Waals surface area contributed by atoms with Crippen molar-refractivity contribution in [1.82, 2.24) is 4.98 Å². The summed E-state index contributed by atoms with van der Waals surface area (Å²) < 4.78 is 35.3. The molecule has 5 heteroatoms. The van der Waals surface area contributed by atoms with Crippen LogP contribution in [-0.2, 0) is 0 Å². The molecule has 0 aliphatic heterocycles. The van der Waals surface area contributed by atoms with E-state index in [1.54, 1.807) is 18.3 Å². The van der Waals surface area contributed by atoms with Gasteiger partial charge in [0.15, 0.2) is 0 Å². The molecule has 1 heterocycles. The summed E-state index contributed by atoms with van der Waals surface area (Å²) in [5.74, 6) is 0.481. The molecule has 0 unspecified atom stereocenters. The van der Waals surface area contributed by atoms with Crippen LogP contribution in [0.3, 0.4) is 0 Å². The fourth-order valence-corrected chi connectivity index (χ4v) is 0.965. The third kappa shape index (κ3) is 7.09. The Bertz CT molecular complexity index is 298. The maximum atomic E-state index is 11.8. The highest BCUT2D eigenvalue weighted by Crippen LogP contribution is 2.19. The maximum Gasteiger partial charge on any atom is 0.390 e. The maximum absolute atomic E-state index is 11.8. The van der Waals surface area contributed by atoms with E-state index in [1.807, 2.05) is 20.8 Å². The van der Waals surface area contributed by atoms with Crippen LogP contribution in [0, 0.1) is 6.92 Å². The molecule has 0 fully saturated rings. The summed E-state index contributed by atoms with van der Waals surface area (Å²) in [6.45, 7) is 5.72. The van der Waals surface area contributed by atoms with Crippen LogP contribution in [0.25, 0.3) is 0 Å². The lowest BCUT2D eigenvalue weighted by atomic mass is 10.3. The molecule has 1 rings (SSSR count). The molecule has 2 nitrogen and oxygen atoms in total. The van der Waals surface area contributed by atoms with Gasteiger partial charge in [0.1, 0.15) is 5.82 Å². The summed E-state index contributed by atoms with van der Waals surface area (Å²) in [7, 11) is 0. The lowest BCUT2D eigenvalue weighted by Crippen LogP contribution is -2.15. The Morgan fingerprint density at radius 3 is 2.44 bits per heavy atom. The minimum absolute atomic E-state index is 0.139. The second kappa shape index (κ2) is 7.09. The molecule has 0 amide bonds. The summed E-state index contributed by atoms with van der Waals surface area (Å²) in [5, 5.41) is 2.61. The molecular formula is C11H17F3N2. The Morgan fingerprint density at radius 1 is 1.31 bits per heavy atom. The van der Waals surface area contributed by atoms with Crippen molar-refractivity contribution in [1.29, 1.82) is 0 Å². The topological polar surface area (TPSA) is 24.9 Å². The summed E-state index contributed by atoms with van der Waals surface area (Å²) in [5.41, 5.74) is 0.967. The van der Waals surface area contributed by atoms with Gasteiger partial charge < -0.3 is 5.32 Å². The largest absolute Gasteiger partial charge is 0.390 e. The van der Waals surface area contributed by atoms with Crippen molar-refractivity contribution in [3.05, 3.63) is 23.9 Å². The van der Waals surface area contributed by atoms with E-state index < -0.39 is 12.6 Å². The van der Waals surface area contributed by atoms with Gasteiger partial charge in [-0.1, -0.05) is 13.8 Å². The van der Waals surface area contributed by atoms with Crippen LogP contribution in [0.15, 0.2) is 18.3 Å². The molecule has 0 radical (unpaired) electrons. The highest BCUT2D eigenvalue weighted by atomic mass is 19.4. The fraction of sp³-hybridized carbons (Fsp3) is 0.545. The summed E-state index contributed by atoms with van der Waals surface area (Å²) in [4.78, 5) is 3.88. The number of halogens is 3. The molecule has 16 heavy (non-hydrogen) atoms. The summed E-state index contributed by atoms with van der Waals surface area (Å²) >= 11 is 0. The lowest BCUT2D eigenvalue weighted by molar-refractivity contribution is -0.131. The molecule has 1 N–H and O–H groups in total. The zero-order chi connectivity index (χ0) is 12.6. The minimum atomic E-state index is -4.11. The Kier molecular flexibility index (Phi) is 6.53. The molecule has 0 aromatic carbocycles. The van der Waals surface area contributed by atoms with Crippen LogP contribution in [0.1, 0.15) is 25.8 Å². The quantitative estimate of drug-likeness (QED) is 0.860. The van der Waals surface area contributed by atoms with Gasteiger partial charge in [0.05, 0.1) is 6.42 Å². The van der Waals surface area contributed by atoms with Crippen molar-refractivity contribution in [3.8, 4) is 0 Å². The second-order valence-corrected chi connectivity index (χ2v) is 3.01. The zero-order valence-corrected chi connectivity index (χ0v) is 9.73. The first kappa shape index (κ1) is 14.7. The van der Waals surface area contributed by atoms with E-state index in [4.69, 9.17) is 0 Å². The third-order valence-electron chi connectivity index (χ3n) is 1.63. The van der Waals surface area contributed by atoms with Crippen LogP contribution in [0.5, 0.6) is 0 Å². The number of anilines is 1. The second-order valence-electron chi connectivity index (χ2n) is 3.01. The number of nitrogens with one attached hydrogen (secondary N) is 1. The average molecular weight is 234 g/mol. The van der Waals surface area contributed by atoms with E-state index in [2.05, 4.69) is 10.3 Å². The minimum Gasteiger partial charge on any atom is -0.370 e. The highest BCUT2D eigenvalue weighted by Gasteiger charge is 2.26. The lowest BCUT2D eigenvalue weighted by Gasteiger charge is -2.08. The van der Waals surface area contributed by atoms with Crippen LogP contribution in [0.4, 0.5) is 19.0 Å². The number of pyridine rings is 1. The number of aromatic nitrogens is 1. The van der Waals surface area contributed by atoms with Gasteiger partial charge >= 0.3 is 6.18 Å². The molecule has 0 spiro atoms. The van der Waals surface area contributed by atoms with Gasteiger partial charge in [0, 0.05) is 12.7 Å². The van der Waals surface area contributed by atoms with Crippen LogP contribution >= 0.6 is 0 Å². The van der Waals surface area contributed by atoms with Crippen molar-refractivity contribution in [2.75, 3.05) is 11.9 Å². The van der Waals surface area contributed by atoms with E-state index in [1.165, 1.54) is 0 Å². The van der Waals surface area contributed by atoms with Gasteiger partial charge in [-0.2, -0.15) is 13.2 Å². The van der Waals surface area contributed by atoms with Crippen molar-refractivity contribution in [2.24, 2.45) is 0 Å². The Labute approximate surface area is 93.9 Å². The van der Waals surface area contributed by atoms with E-state index in [-0.39, 0.29) is 6.54 Å². The monoisotopic (exact) mass is 234 g/mol. The predicted octanol–water partition coefficient (Wildman–Crippen LogP) is 3.78. The Hall–Kier alpha value is -1.26. The first-order chi connectivity index (χ1) is 7.47. The Morgan fingerprint density at radius 2 is 1.94 bits per heavy atom. The van der Waals surface area contributed by atoms with E-state index in [0.717, 1.165) is 5.56 Å². The number of nitrogens with zero attached hydrogens (tertiary/aromatic N) is 1. The highest BCUT2D eigenvalue weighted by molar-refractivity contribution is 5.36. The fourth-order valence-electron chi connectivity index (χ4n) is 0.965. The standard InChI is InChI=1S/C9H11F3N2.C2H6/c1-7-2-4-13-8(6-7)14-5-3-9(10,11)12;1-2/h2,4,6H,3,5H2,1H3,(H,13,14);1-2H3. The van der Waals surface area contributed by atoms with E-state index in [0.29, 0.717) is 5.82 Å². The molecular weight excluding hydrogens is 217 g/mol. The van der Waals surface area contributed by atoms with Crippen molar-refractivity contribution >= 4 is 5.82 Å². The third-order valence-corrected chi connectivity index (χ3v) is 1.63. The van der Waals surface area contributed by atoms with E-state index >= 15 is 0 Å².